The molecule has 1 aliphatic carbocycles. The molecule has 3 aromatic rings. The molecule has 1 aliphatic heterocycles. The van der Waals surface area contributed by atoms with Crippen LogP contribution in [0.1, 0.15) is 74.4 Å². The van der Waals surface area contributed by atoms with E-state index in [1.165, 1.54) is 25.0 Å². The Balaban J connectivity index is 0.000000292. The summed E-state index contributed by atoms with van der Waals surface area (Å²) in [6.07, 6.45) is 7.48. The first-order chi connectivity index (χ1) is 16.7. The number of Topliss-reactive ketones (excluding diaryl/α,β-unsaturated/α-hetero) is 1. The van der Waals surface area contributed by atoms with Crippen molar-refractivity contribution in [3.63, 3.8) is 0 Å². The fraction of sp³-hybridized carbons (Fsp3) is 0.500. The molecule has 1 saturated heterocycles. The average Bonchev–Trinajstić information content (AvgIpc) is 3.54. The summed E-state index contributed by atoms with van der Waals surface area (Å²) in [5.41, 5.74) is 4.93. The first-order valence-corrected chi connectivity index (χ1v) is 12.5. The van der Waals surface area contributed by atoms with Crippen molar-refractivity contribution >= 4 is 22.8 Å². The normalized spacial score (nSPS) is 15.9. The minimum Gasteiger partial charge on any atom is -0.658 e. The molecule has 0 saturated carbocycles. The second-order valence-corrected chi connectivity index (χ2v) is 9.61. The van der Waals surface area contributed by atoms with Gasteiger partial charge in [-0.1, -0.05) is 27.7 Å². The second-order valence-electron chi connectivity index (χ2n) is 9.61. The van der Waals surface area contributed by atoms with Gasteiger partial charge in [0.1, 0.15) is 5.82 Å². The van der Waals surface area contributed by atoms with Crippen LogP contribution < -0.4 is 18.9 Å². The Labute approximate surface area is 226 Å². The number of carbonyl (C=O) groups is 1. The molecule has 0 radical (unpaired) electrons. The first-order valence-electron chi connectivity index (χ1n) is 12.5. The quantitative estimate of drug-likeness (QED) is 0.453. The number of carbonyl (C=O) groups excluding carboxylic acids is 1. The average molecular weight is 489 g/mol. The standard InChI is InChI=1S/C18H16FN3O.C6H14N.C4H8O.Li/c1-10-14(21-9-20-10)7-11-3-6-15-17(18(11)23)13-5-4-12(19)8-16(13)22(15)2;1-5(2)7-6(3)4;1-2-4-5-3-1;/h4-5,7-9H,3,6H2,1-2H3,(H,20,21);5-6H,1-4H3;1-4H2;/q;-1;;+1/b11-7+;;;. The van der Waals surface area contributed by atoms with Crippen LogP contribution in [0.4, 0.5) is 4.39 Å². The maximum atomic E-state index is 13.5. The molecule has 1 fully saturated rings. The summed E-state index contributed by atoms with van der Waals surface area (Å²) in [6.45, 7) is 12.3. The summed E-state index contributed by atoms with van der Waals surface area (Å²) < 4.78 is 20.4. The molecule has 8 heteroatoms. The summed E-state index contributed by atoms with van der Waals surface area (Å²) in [5.74, 6) is -0.267. The zero-order valence-electron chi connectivity index (χ0n) is 22.8. The number of hydrogen-bond donors (Lipinski definition) is 1. The monoisotopic (exact) mass is 488 g/mol. The van der Waals surface area contributed by atoms with Crippen LogP contribution in [0.3, 0.4) is 0 Å². The van der Waals surface area contributed by atoms with Crippen molar-refractivity contribution in [2.75, 3.05) is 13.2 Å². The van der Waals surface area contributed by atoms with E-state index in [2.05, 4.69) is 43.0 Å². The summed E-state index contributed by atoms with van der Waals surface area (Å²) in [5, 5.41) is 5.10. The number of ketones is 1. The number of nitrogens with zero attached hydrogens (tertiary/aromatic N) is 3. The molecule has 2 aromatic heterocycles. The molecule has 6 nitrogen and oxygen atoms in total. The van der Waals surface area contributed by atoms with Gasteiger partial charge in [-0.15, -0.1) is 12.1 Å². The van der Waals surface area contributed by atoms with Crippen molar-refractivity contribution < 1.29 is 32.8 Å². The molecule has 0 amide bonds. The molecule has 0 bridgehead atoms. The van der Waals surface area contributed by atoms with Gasteiger partial charge < -0.3 is 19.6 Å². The van der Waals surface area contributed by atoms with Crippen LogP contribution in [0.25, 0.3) is 22.3 Å². The van der Waals surface area contributed by atoms with E-state index in [0.29, 0.717) is 24.1 Å². The Morgan fingerprint density at radius 1 is 1.14 bits per heavy atom. The van der Waals surface area contributed by atoms with Gasteiger partial charge in [0.15, 0.2) is 5.78 Å². The summed E-state index contributed by atoms with van der Waals surface area (Å²) >= 11 is 0. The van der Waals surface area contributed by atoms with Crippen molar-refractivity contribution in [1.29, 1.82) is 0 Å². The van der Waals surface area contributed by atoms with Crippen molar-refractivity contribution in [3.05, 3.63) is 63.9 Å². The maximum absolute atomic E-state index is 13.5. The minimum atomic E-state index is -0.286. The van der Waals surface area contributed by atoms with E-state index in [-0.39, 0.29) is 30.5 Å². The number of allylic oxidation sites excluding steroid dienone is 1. The van der Waals surface area contributed by atoms with Crippen LogP contribution in [-0.4, -0.2) is 45.6 Å². The molecule has 5 rings (SSSR count). The van der Waals surface area contributed by atoms with E-state index in [4.69, 9.17) is 4.74 Å². The fourth-order valence-electron chi connectivity index (χ4n) is 4.46. The Morgan fingerprint density at radius 3 is 2.31 bits per heavy atom. The van der Waals surface area contributed by atoms with E-state index in [9.17, 15) is 9.18 Å². The number of aromatic amines is 1. The van der Waals surface area contributed by atoms with Gasteiger partial charge in [-0.05, 0) is 56.9 Å². The topological polar surface area (TPSA) is 74.0 Å². The number of hydrogen-bond acceptors (Lipinski definition) is 3. The van der Waals surface area contributed by atoms with Gasteiger partial charge in [0.25, 0.3) is 0 Å². The van der Waals surface area contributed by atoms with E-state index in [1.54, 1.807) is 12.4 Å². The van der Waals surface area contributed by atoms with Gasteiger partial charge >= 0.3 is 18.9 Å². The predicted octanol–water partition coefficient (Wildman–Crippen LogP) is 3.54. The first kappa shape index (κ1) is 30.1. The third-order valence-corrected chi connectivity index (χ3v) is 6.04. The minimum absolute atomic E-state index is 0. The van der Waals surface area contributed by atoms with Gasteiger partial charge in [0, 0.05) is 42.6 Å². The SMILES string of the molecule is C1CCOC1.CC(C)[N-]C(C)C.Cc1[nH]cnc1/C=C1\CCc2c(c3ccc(F)cc3n2C)C1=O.[Li+]. The molecule has 0 atom stereocenters. The van der Waals surface area contributed by atoms with Crippen LogP contribution in [0.5, 0.6) is 0 Å². The predicted molar refractivity (Wildman–Crippen MR) is 141 cm³/mol. The number of halogens is 1. The molecule has 2 aliphatic rings. The molecule has 190 valence electrons. The molecule has 0 spiro atoms. The van der Waals surface area contributed by atoms with Gasteiger partial charge in [0.05, 0.1) is 23.1 Å². The number of benzene rings is 1. The number of fused-ring (bicyclic) bond motifs is 3. The number of nitrogens with one attached hydrogen (secondary N) is 1. The van der Waals surface area contributed by atoms with Gasteiger partial charge in [-0.2, -0.15) is 0 Å². The molecular formula is C28H38FLiN4O2. The van der Waals surface area contributed by atoms with E-state index >= 15 is 0 Å². The van der Waals surface area contributed by atoms with E-state index < -0.39 is 0 Å². The summed E-state index contributed by atoms with van der Waals surface area (Å²) in [6, 6.07) is 5.60. The zero-order chi connectivity index (χ0) is 25.5. The maximum Gasteiger partial charge on any atom is 1.00 e. The molecular weight excluding hydrogens is 450 g/mol. The van der Waals surface area contributed by atoms with Crippen molar-refractivity contribution in [1.82, 2.24) is 14.5 Å². The van der Waals surface area contributed by atoms with E-state index in [0.717, 1.165) is 53.2 Å². The number of aryl methyl sites for hydroxylation is 2. The van der Waals surface area contributed by atoms with Crippen LogP contribution in [0.2, 0.25) is 0 Å². The van der Waals surface area contributed by atoms with Gasteiger partial charge in [0.2, 0.25) is 0 Å². The van der Waals surface area contributed by atoms with Crippen LogP contribution >= 0.6 is 0 Å². The number of ether oxygens (including phenoxy) is 1. The fourth-order valence-corrected chi connectivity index (χ4v) is 4.46. The number of H-pyrrole nitrogens is 1. The summed E-state index contributed by atoms with van der Waals surface area (Å²) in [4.78, 5) is 20.2. The number of rotatable bonds is 3. The largest absolute Gasteiger partial charge is 1.00 e. The second kappa shape index (κ2) is 13.9. The molecule has 1 N–H and O–H groups in total. The van der Waals surface area contributed by atoms with Gasteiger partial charge in [-0.25, -0.2) is 9.37 Å². The molecule has 0 unspecified atom stereocenters. The van der Waals surface area contributed by atoms with Crippen molar-refractivity contribution in [2.24, 2.45) is 7.05 Å². The number of imidazole rings is 1. The Kier molecular flexibility index (Phi) is 11.6. The Morgan fingerprint density at radius 2 is 1.81 bits per heavy atom. The Hall–Kier alpha value is -2.17. The summed E-state index contributed by atoms with van der Waals surface area (Å²) in [7, 11) is 1.89. The van der Waals surface area contributed by atoms with Crippen LogP contribution in [0, 0.1) is 12.7 Å². The molecule has 36 heavy (non-hydrogen) atoms. The third-order valence-electron chi connectivity index (χ3n) is 6.04. The Bertz CT molecular complexity index is 1160. The van der Waals surface area contributed by atoms with Crippen molar-refractivity contribution in [2.45, 2.75) is 72.4 Å². The zero-order valence-corrected chi connectivity index (χ0v) is 22.8. The van der Waals surface area contributed by atoms with Crippen LogP contribution in [-0.2, 0) is 18.2 Å². The number of aromatic nitrogens is 3. The molecule has 3 heterocycles. The molecule has 1 aromatic carbocycles. The van der Waals surface area contributed by atoms with Gasteiger partial charge in [-0.3, -0.25) is 4.79 Å². The smallest absolute Gasteiger partial charge is 0.658 e. The van der Waals surface area contributed by atoms with Crippen molar-refractivity contribution in [3.8, 4) is 0 Å². The third kappa shape index (κ3) is 7.66. The van der Waals surface area contributed by atoms with E-state index in [1.807, 2.05) is 24.6 Å². The van der Waals surface area contributed by atoms with Crippen LogP contribution in [0.15, 0.2) is 30.1 Å².